The van der Waals surface area contributed by atoms with Crippen molar-refractivity contribution in [3.63, 3.8) is 0 Å². The van der Waals surface area contributed by atoms with E-state index in [1.807, 2.05) is 11.5 Å². The SMILES string of the molecule is CCn1cc(S(=O)(=O)Cl)c2cccc(OCCOC)c21. The number of methoxy groups -OCH3 is 1. The van der Waals surface area contributed by atoms with Gasteiger partial charge in [0.15, 0.2) is 0 Å². The third-order valence-corrected chi connectivity index (χ3v) is 4.32. The monoisotopic (exact) mass is 317 g/mol. The van der Waals surface area contributed by atoms with E-state index >= 15 is 0 Å². The van der Waals surface area contributed by atoms with Crippen molar-refractivity contribution in [2.24, 2.45) is 0 Å². The maximum absolute atomic E-state index is 11.6. The van der Waals surface area contributed by atoms with Crippen LogP contribution >= 0.6 is 10.7 Å². The topological polar surface area (TPSA) is 57.5 Å². The Bertz CT molecular complexity index is 708. The van der Waals surface area contributed by atoms with Gasteiger partial charge in [0.25, 0.3) is 9.05 Å². The quantitative estimate of drug-likeness (QED) is 0.607. The molecule has 0 atom stereocenters. The molecule has 0 spiro atoms. The minimum atomic E-state index is -3.79. The number of benzene rings is 1. The maximum atomic E-state index is 11.6. The van der Waals surface area contributed by atoms with Crippen LogP contribution in [-0.4, -0.2) is 33.3 Å². The van der Waals surface area contributed by atoms with Crippen LogP contribution in [0.15, 0.2) is 29.3 Å². The van der Waals surface area contributed by atoms with Crippen molar-refractivity contribution in [2.75, 3.05) is 20.3 Å². The smallest absolute Gasteiger partial charge is 0.263 e. The standard InChI is InChI=1S/C13H16ClNO4S/c1-3-15-9-12(20(14,16)17)10-5-4-6-11(13(10)15)19-8-7-18-2/h4-6,9H,3,7-8H2,1-2H3. The zero-order valence-corrected chi connectivity index (χ0v) is 12.9. The molecule has 5 nitrogen and oxygen atoms in total. The molecule has 0 amide bonds. The Hall–Kier alpha value is -1.24. The van der Waals surface area contributed by atoms with Gasteiger partial charge in [0.1, 0.15) is 17.3 Å². The normalized spacial score (nSPS) is 11.9. The minimum Gasteiger partial charge on any atom is -0.489 e. The average molecular weight is 318 g/mol. The molecular formula is C13H16ClNO4S. The second-order valence-electron chi connectivity index (χ2n) is 4.21. The summed E-state index contributed by atoms with van der Waals surface area (Å²) in [5.74, 6) is 0.618. The van der Waals surface area contributed by atoms with Crippen molar-refractivity contribution < 1.29 is 17.9 Å². The fourth-order valence-corrected chi connectivity index (χ4v) is 3.14. The summed E-state index contributed by atoms with van der Waals surface area (Å²) in [5, 5.41) is 0.566. The van der Waals surface area contributed by atoms with Crippen LogP contribution < -0.4 is 4.74 Å². The molecule has 2 aromatic rings. The van der Waals surface area contributed by atoms with E-state index in [1.165, 1.54) is 6.20 Å². The Morgan fingerprint density at radius 2 is 2.05 bits per heavy atom. The van der Waals surface area contributed by atoms with E-state index in [0.717, 1.165) is 5.52 Å². The molecule has 0 saturated carbocycles. The fourth-order valence-electron chi connectivity index (χ4n) is 2.09. The molecule has 0 fully saturated rings. The van der Waals surface area contributed by atoms with Gasteiger partial charge < -0.3 is 14.0 Å². The highest BCUT2D eigenvalue weighted by Gasteiger charge is 2.20. The lowest BCUT2D eigenvalue weighted by Crippen LogP contribution is -2.05. The molecule has 20 heavy (non-hydrogen) atoms. The number of ether oxygens (including phenoxy) is 2. The third kappa shape index (κ3) is 2.92. The number of nitrogens with zero attached hydrogens (tertiary/aromatic N) is 1. The summed E-state index contributed by atoms with van der Waals surface area (Å²) in [6.07, 6.45) is 1.54. The molecule has 1 heterocycles. The Morgan fingerprint density at radius 3 is 2.65 bits per heavy atom. The first-order valence-corrected chi connectivity index (χ1v) is 8.48. The van der Waals surface area contributed by atoms with Crippen molar-refractivity contribution >= 4 is 30.6 Å². The lowest BCUT2D eigenvalue weighted by Gasteiger charge is -2.09. The Labute approximate surface area is 122 Å². The lowest BCUT2D eigenvalue weighted by molar-refractivity contribution is 0.147. The van der Waals surface area contributed by atoms with Gasteiger partial charge in [-0.2, -0.15) is 0 Å². The minimum absolute atomic E-state index is 0.105. The number of aromatic nitrogens is 1. The van der Waals surface area contributed by atoms with Gasteiger partial charge in [-0.15, -0.1) is 0 Å². The molecular weight excluding hydrogens is 302 g/mol. The van der Waals surface area contributed by atoms with Crippen molar-refractivity contribution in [3.05, 3.63) is 24.4 Å². The second kappa shape index (κ2) is 6.03. The first-order valence-electron chi connectivity index (χ1n) is 6.17. The van der Waals surface area contributed by atoms with E-state index in [4.69, 9.17) is 20.2 Å². The van der Waals surface area contributed by atoms with Crippen molar-refractivity contribution in [2.45, 2.75) is 18.4 Å². The van der Waals surface area contributed by atoms with Gasteiger partial charge in [-0.25, -0.2) is 8.42 Å². The summed E-state index contributed by atoms with van der Waals surface area (Å²) in [7, 11) is 3.29. The summed E-state index contributed by atoms with van der Waals surface area (Å²) in [5.41, 5.74) is 0.727. The average Bonchev–Trinajstić information content (AvgIpc) is 2.78. The van der Waals surface area contributed by atoms with Gasteiger partial charge in [0, 0.05) is 35.9 Å². The number of rotatable bonds is 6. The first-order chi connectivity index (χ1) is 9.49. The lowest BCUT2D eigenvalue weighted by atomic mass is 10.2. The predicted octanol–water partition coefficient (Wildman–Crippen LogP) is 2.61. The van der Waals surface area contributed by atoms with Crippen molar-refractivity contribution in [3.8, 4) is 5.75 Å². The van der Waals surface area contributed by atoms with E-state index in [1.54, 1.807) is 25.3 Å². The molecule has 1 aromatic heterocycles. The van der Waals surface area contributed by atoms with Crippen LogP contribution in [0.1, 0.15) is 6.92 Å². The molecule has 0 aliphatic rings. The Morgan fingerprint density at radius 1 is 1.30 bits per heavy atom. The van der Waals surface area contributed by atoms with Crippen molar-refractivity contribution in [1.29, 1.82) is 0 Å². The molecule has 110 valence electrons. The Balaban J connectivity index is 2.58. The van der Waals surface area contributed by atoms with Gasteiger partial charge in [0.05, 0.1) is 12.1 Å². The van der Waals surface area contributed by atoms with Gasteiger partial charge in [-0.05, 0) is 13.0 Å². The summed E-state index contributed by atoms with van der Waals surface area (Å²) in [6, 6.07) is 5.27. The molecule has 0 unspecified atom stereocenters. The van der Waals surface area contributed by atoms with Gasteiger partial charge in [0.2, 0.25) is 0 Å². The summed E-state index contributed by atoms with van der Waals surface area (Å²) in [6.45, 7) is 3.40. The molecule has 0 aliphatic carbocycles. The summed E-state index contributed by atoms with van der Waals surface area (Å²) < 4.78 is 35.7. The molecule has 1 aromatic carbocycles. The van der Waals surface area contributed by atoms with Gasteiger partial charge >= 0.3 is 0 Å². The van der Waals surface area contributed by atoms with E-state index < -0.39 is 9.05 Å². The van der Waals surface area contributed by atoms with Crippen LogP contribution in [0.4, 0.5) is 0 Å². The summed E-state index contributed by atoms with van der Waals surface area (Å²) in [4.78, 5) is 0.105. The van der Waals surface area contributed by atoms with Crippen LogP contribution in [0, 0.1) is 0 Å². The van der Waals surface area contributed by atoms with Crippen molar-refractivity contribution in [1.82, 2.24) is 4.57 Å². The first kappa shape index (κ1) is 15.2. The largest absolute Gasteiger partial charge is 0.489 e. The number of para-hydroxylation sites is 1. The maximum Gasteiger partial charge on any atom is 0.263 e. The molecule has 0 saturated heterocycles. The second-order valence-corrected chi connectivity index (χ2v) is 6.75. The highest BCUT2D eigenvalue weighted by atomic mass is 35.7. The highest BCUT2D eigenvalue weighted by molar-refractivity contribution is 8.14. The van der Waals surface area contributed by atoms with Crippen LogP contribution in [-0.2, 0) is 20.3 Å². The van der Waals surface area contributed by atoms with Crippen LogP contribution in [0.5, 0.6) is 5.75 Å². The third-order valence-electron chi connectivity index (χ3n) is 2.97. The number of aryl methyl sites for hydroxylation is 1. The number of hydrogen-bond acceptors (Lipinski definition) is 4. The predicted molar refractivity (Wildman–Crippen MR) is 78.0 cm³/mol. The number of fused-ring (bicyclic) bond motifs is 1. The Kier molecular flexibility index (Phi) is 4.57. The van der Waals surface area contributed by atoms with Gasteiger partial charge in [-0.3, -0.25) is 0 Å². The number of halogens is 1. The molecule has 0 aliphatic heterocycles. The molecule has 0 radical (unpaired) electrons. The van der Waals surface area contributed by atoms with Crippen LogP contribution in [0.25, 0.3) is 10.9 Å². The fraction of sp³-hybridized carbons (Fsp3) is 0.385. The van der Waals surface area contributed by atoms with Gasteiger partial charge in [-0.1, -0.05) is 12.1 Å². The van der Waals surface area contributed by atoms with E-state index in [9.17, 15) is 8.42 Å². The molecule has 7 heteroatoms. The molecule has 2 rings (SSSR count). The highest BCUT2D eigenvalue weighted by Crippen LogP contribution is 2.33. The molecule has 0 N–H and O–H groups in total. The molecule has 0 bridgehead atoms. The number of hydrogen-bond donors (Lipinski definition) is 0. The zero-order valence-electron chi connectivity index (χ0n) is 11.3. The van der Waals surface area contributed by atoms with Crippen LogP contribution in [0.2, 0.25) is 0 Å². The van der Waals surface area contributed by atoms with E-state index in [0.29, 0.717) is 30.9 Å². The van der Waals surface area contributed by atoms with E-state index in [-0.39, 0.29) is 4.90 Å². The van der Waals surface area contributed by atoms with E-state index in [2.05, 4.69) is 0 Å². The van der Waals surface area contributed by atoms with Crippen LogP contribution in [0.3, 0.4) is 0 Å². The zero-order chi connectivity index (χ0) is 14.8. The summed E-state index contributed by atoms with van der Waals surface area (Å²) >= 11 is 0.